The molecule has 0 radical (unpaired) electrons. The number of halogens is 1. The van der Waals surface area contributed by atoms with Gasteiger partial charge in [-0.2, -0.15) is 0 Å². The Morgan fingerprint density at radius 3 is 2.58 bits per heavy atom. The maximum atomic E-state index is 13.5. The minimum Gasteiger partial charge on any atom is -0.337 e. The number of benzene rings is 2. The number of amides is 1. The van der Waals surface area contributed by atoms with Gasteiger partial charge < -0.3 is 4.57 Å². The molecule has 0 aliphatic rings. The molecule has 0 atom stereocenters. The summed E-state index contributed by atoms with van der Waals surface area (Å²) < 4.78 is 3.16. The number of aromatic nitrogens is 3. The van der Waals surface area contributed by atoms with Crippen LogP contribution >= 0.6 is 23.7 Å². The summed E-state index contributed by atoms with van der Waals surface area (Å²) in [6, 6.07) is 12.4. The Kier molecular flexibility index (Phi) is 7.46. The minimum atomic E-state index is 0. The van der Waals surface area contributed by atoms with Crippen molar-refractivity contribution in [3.8, 4) is 0 Å². The molecule has 0 spiro atoms. The van der Waals surface area contributed by atoms with E-state index in [4.69, 9.17) is 4.98 Å². The number of aryl methyl sites for hydroxylation is 4. The fourth-order valence-electron chi connectivity index (χ4n) is 3.66. The molecular formula is C24H27ClN4OS. The average Bonchev–Trinajstić information content (AvgIpc) is 3.39. The first-order valence-electron chi connectivity index (χ1n) is 10.3. The number of thiazole rings is 1. The highest BCUT2D eigenvalue weighted by molar-refractivity contribution is 7.22. The molecule has 4 rings (SSSR count). The maximum absolute atomic E-state index is 13.5. The fraction of sp³-hybridized carbons (Fsp3) is 0.292. The van der Waals surface area contributed by atoms with Crippen LogP contribution in [0.15, 0.2) is 55.1 Å². The van der Waals surface area contributed by atoms with E-state index in [0.29, 0.717) is 12.1 Å². The molecule has 0 saturated heterocycles. The highest BCUT2D eigenvalue weighted by Gasteiger charge is 2.21. The van der Waals surface area contributed by atoms with Gasteiger partial charge in [0.1, 0.15) is 0 Å². The number of hydrogen-bond acceptors (Lipinski definition) is 4. The second kappa shape index (κ2) is 10.1. The molecule has 0 N–H and O–H groups in total. The van der Waals surface area contributed by atoms with Gasteiger partial charge in [0.05, 0.1) is 16.5 Å². The quantitative estimate of drug-likeness (QED) is 0.353. The van der Waals surface area contributed by atoms with Gasteiger partial charge in [-0.25, -0.2) is 9.97 Å². The van der Waals surface area contributed by atoms with Crippen LogP contribution in [0.1, 0.15) is 40.4 Å². The number of anilines is 1. The number of carbonyl (C=O) groups excluding carboxylic acids is 1. The number of imidazole rings is 1. The van der Waals surface area contributed by atoms with Crippen molar-refractivity contribution >= 4 is 45.0 Å². The summed E-state index contributed by atoms with van der Waals surface area (Å²) in [4.78, 5) is 24.2. The summed E-state index contributed by atoms with van der Waals surface area (Å²) >= 11 is 1.59. The maximum Gasteiger partial charge on any atom is 0.260 e. The minimum absolute atomic E-state index is 0. The van der Waals surface area contributed by atoms with Crippen LogP contribution in [0, 0.1) is 13.8 Å². The predicted octanol–water partition coefficient (Wildman–Crippen LogP) is 5.83. The van der Waals surface area contributed by atoms with E-state index in [9.17, 15) is 4.79 Å². The average molecular weight is 455 g/mol. The number of fused-ring (bicyclic) bond motifs is 1. The first-order valence-corrected chi connectivity index (χ1v) is 11.1. The number of nitrogens with zero attached hydrogens (tertiary/aromatic N) is 4. The van der Waals surface area contributed by atoms with Crippen molar-refractivity contribution in [1.82, 2.24) is 14.5 Å². The SMILES string of the molecule is CCc1ccc2nc(N(CCCn3ccnc3)C(=O)c3cc(C)cc(C)c3)sc2c1.Cl. The van der Waals surface area contributed by atoms with Crippen LogP contribution in [-0.4, -0.2) is 27.0 Å². The largest absolute Gasteiger partial charge is 0.337 e. The Morgan fingerprint density at radius 1 is 1.13 bits per heavy atom. The van der Waals surface area contributed by atoms with Gasteiger partial charge in [-0.3, -0.25) is 9.69 Å². The van der Waals surface area contributed by atoms with Gasteiger partial charge >= 0.3 is 0 Å². The summed E-state index contributed by atoms with van der Waals surface area (Å²) in [7, 11) is 0. The monoisotopic (exact) mass is 454 g/mol. The van der Waals surface area contributed by atoms with Gasteiger partial charge in [0.2, 0.25) is 0 Å². The van der Waals surface area contributed by atoms with Crippen molar-refractivity contribution in [3.63, 3.8) is 0 Å². The fourth-order valence-corrected chi connectivity index (χ4v) is 4.71. The van der Waals surface area contributed by atoms with E-state index in [1.54, 1.807) is 23.9 Å². The third-order valence-corrected chi connectivity index (χ3v) is 6.19. The zero-order valence-corrected chi connectivity index (χ0v) is 19.7. The molecule has 162 valence electrons. The van der Waals surface area contributed by atoms with Crippen LogP contribution in [0.4, 0.5) is 5.13 Å². The van der Waals surface area contributed by atoms with Crippen LogP contribution in [-0.2, 0) is 13.0 Å². The number of rotatable bonds is 7. The smallest absolute Gasteiger partial charge is 0.260 e. The van der Waals surface area contributed by atoms with E-state index >= 15 is 0 Å². The normalized spacial score (nSPS) is 10.8. The molecule has 0 fully saturated rings. The highest BCUT2D eigenvalue weighted by atomic mass is 35.5. The van der Waals surface area contributed by atoms with Gasteiger partial charge in [0.25, 0.3) is 5.91 Å². The van der Waals surface area contributed by atoms with Crippen LogP contribution < -0.4 is 4.90 Å². The molecule has 2 heterocycles. The Morgan fingerprint density at radius 2 is 1.90 bits per heavy atom. The molecule has 1 amide bonds. The lowest BCUT2D eigenvalue weighted by atomic mass is 10.1. The summed E-state index contributed by atoms with van der Waals surface area (Å²) in [6.07, 6.45) is 7.33. The van der Waals surface area contributed by atoms with Crippen molar-refractivity contribution in [3.05, 3.63) is 77.4 Å². The van der Waals surface area contributed by atoms with E-state index in [2.05, 4.69) is 36.2 Å². The lowest BCUT2D eigenvalue weighted by Crippen LogP contribution is -2.32. The highest BCUT2D eigenvalue weighted by Crippen LogP contribution is 2.31. The van der Waals surface area contributed by atoms with Crippen molar-refractivity contribution in [2.45, 2.75) is 40.2 Å². The van der Waals surface area contributed by atoms with Crippen molar-refractivity contribution < 1.29 is 4.79 Å². The number of hydrogen-bond donors (Lipinski definition) is 0. The van der Waals surface area contributed by atoms with Crippen molar-refractivity contribution in [2.75, 3.05) is 11.4 Å². The predicted molar refractivity (Wildman–Crippen MR) is 131 cm³/mol. The molecule has 5 nitrogen and oxygen atoms in total. The van der Waals surface area contributed by atoms with Crippen LogP contribution in [0.5, 0.6) is 0 Å². The second-order valence-corrected chi connectivity index (χ2v) is 8.65. The summed E-state index contributed by atoms with van der Waals surface area (Å²) in [6.45, 7) is 7.61. The lowest BCUT2D eigenvalue weighted by Gasteiger charge is -2.20. The molecule has 7 heteroatoms. The van der Waals surface area contributed by atoms with Crippen LogP contribution in [0.25, 0.3) is 10.2 Å². The standard InChI is InChI=1S/C24H26N4OS.ClH/c1-4-19-6-7-21-22(15-19)30-24(26-21)28(10-5-9-27-11-8-25-16-27)23(29)20-13-17(2)12-18(3)14-20;/h6-8,11-16H,4-5,9-10H2,1-3H3;1H. The Labute approximate surface area is 193 Å². The Bertz CT molecular complexity index is 1150. The molecular weight excluding hydrogens is 428 g/mol. The van der Waals surface area contributed by atoms with Crippen molar-refractivity contribution in [2.24, 2.45) is 0 Å². The molecule has 0 aliphatic carbocycles. The third kappa shape index (κ3) is 5.32. The molecule has 0 aliphatic heterocycles. The third-order valence-electron chi connectivity index (χ3n) is 5.15. The van der Waals surface area contributed by atoms with E-state index in [1.807, 2.05) is 41.6 Å². The van der Waals surface area contributed by atoms with Gasteiger partial charge in [-0.1, -0.05) is 41.5 Å². The van der Waals surface area contributed by atoms with E-state index in [0.717, 1.165) is 45.9 Å². The van der Waals surface area contributed by atoms with E-state index in [-0.39, 0.29) is 18.3 Å². The number of carbonyl (C=O) groups is 1. The van der Waals surface area contributed by atoms with Gasteiger partial charge in [0.15, 0.2) is 5.13 Å². The lowest BCUT2D eigenvalue weighted by molar-refractivity contribution is 0.0986. The van der Waals surface area contributed by atoms with E-state index in [1.165, 1.54) is 5.56 Å². The van der Waals surface area contributed by atoms with E-state index < -0.39 is 0 Å². The van der Waals surface area contributed by atoms with Gasteiger partial charge in [-0.15, -0.1) is 12.4 Å². The zero-order valence-electron chi connectivity index (χ0n) is 18.0. The zero-order chi connectivity index (χ0) is 21.1. The second-order valence-electron chi connectivity index (χ2n) is 7.64. The molecule has 0 unspecified atom stereocenters. The molecule has 0 saturated carbocycles. The molecule has 0 bridgehead atoms. The molecule has 4 aromatic rings. The summed E-state index contributed by atoms with van der Waals surface area (Å²) in [5, 5.41) is 0.757. The van der Waals surface area contributed by atoms with Crippen LogP contribution in [0.2, 0.25) is 0 Å². The van der Waals surface area contributed by atoms with Crippen molar-refractivity contribution in [1.29, 1.82) is 0 Å². The van der Waals surface area contributed by atoms with Crippen LogP contribution in [0.3, 0.4) is 0 Å². The summed E-state index contributed by atoms with van der Waals surface area (Å²) in [5.41, 5.74) is 5.12. The Balaban J connectivity index is 0.00000272. The molecule has 31 heavy (non-hydrogen) atoms. The topological polar surface area (TPSA) is 51.0 Å². The van der Waals surface area contributed by atoms with Gasteiger partial charge in [-0.05, 0) is 56.5 Å². The Hall–Kier alpha value is -2.70. The summed E-state index contributed by atoms with van der Waals surface area (Å²) in [5.74, 6) is 0.00204. The first kappa shape index (κ1) is 23.0. The van der Waals surface area contributed by atoms with Gasteiger partial charge in [0, 0.05) is 31.0 Å². The first-order chi connectivity index (χ1) is 14.5. The molecule has 2 aromatic carbocycles. The molecule has 2 aromatic heterocycles.